The molecular formula is C17H25N3. The molecule has 0 aliphatic rings. The van der Waals surface area contributed by atoms with E-state index in [1.54, 1.807) is 0 Å². The van der Waals surface area contributed by atoms with E-state index in [1.165, 1.54) is 5.56 Å². The predicted octanol–water partition coefficient (Wildman–Crippen LogP) is 3.86. The Morgan fingerprint density at radius 1 is 1.25 bits per heavy atom. The molecule has 1 aromatic carbocycles. The molecule has 1 aromatic heterocycles. The minimum atomic E-state index is -0.393. The standard InChI is InChI=1S/C17H25N3/c1-5-17(4,18)16-19-11-15(20-16)14-8-6-13(7-9-14)10-12(2)3/h6-9,11-12H,5,10,18H2,1-4H3,(H,19,20). The number of rotatable bonds is 5. The van der Waals surface area contributed by atoms with Crippen LogP contribution in [0.25, 0.3) is 11.3 Å². The largest absolute Gasteiger partial charge is 0.340 e. The molecule has 0 aliphatic carbocycles. The van der Waals surface area contributed by atoms with Crippen molar-refractivity contribution in [3.05, 3.63) is 41.9 Å². The number of nitrogens with zero attached hydrogens (tertiary/aromatic N) is 1. The van der Waals surface area contributed by atoms with Gasteiger partial charge in [0.2, 0.25) is 0 Å². The zero-order chi connectivity index (χ0) is 14.8. The van der Waals surface area contributed by atoms with Gasteiger partial charge in [-0.05, 0) is 36.8 Å². The first-order valence-electron chi connectivity index (χ1n) is 7.36. The summed E-state index contributed by atoms with van der Waals surface area (Å²) < 4.78 is 0. The maximum atomic E-state index is 6.21. The van der Waals surface area contributed by atoms with E-state index in [9.17, 15) is 0 Å². The van der Waals surface area contributed by atoms with Crippen LogP contribution in [0.1, 0.15) is 45.5 Å². The summed E-state index contributed by atoms with van der Waals surface area (Å²) in [5.41, 5.74) is 9.38. The summed E-state index contributed by atoms with van der Waals surface area (Å²) in [6.45, 7) is 8.55. The first-order valence-corrected chi connectivity index (χ1v) is 7.36. The molecule has 3 heteroatoms. The molecule has 2 aromatic rings. The Morgan fingerprint density at radius 2 is 1.90 bits per heavy atom. The van der Waals surface area contributed by atoms with Crippen LogP contribution in [0, 0.1) is 5.92 Å². The van der Waals surface area contributed by atoms with Gasteiger partial charge in [0.25, 0.3) is 0 Å². The number of hydrogen-bond acceptors (Lipinski definition) is 2. The van der Waals surface area contributed by atoms with Gasteiger partial charge in [0.1, 0.15) is 5.82 Å². The summed E-state index contributed by atoms with van der Waals surface area (Å²) in [6.07, 6.45) is 3.84. The number of imidazole rings is 1. The zero-order valence-corrected chi connectivity index (χ0v) is 12.9. The molecule has 1 atom stereocenters. The average Bonchev–Trinajstić information content (AvgIpc) is 2.89. The van der Waals surface area contributed by atoms with E-state index >= 15 is 0 Å². The molecule has 108 valence electrons. The average molecular weight is 271 g/mol. The third-order valence-corrected chi connectivity index (χ3v) is 3.76. The lowest BCUT2D eigenvalue weighted by Crippen LogP contribution is -2.33. The van der Waals surface area contributed by atoms with Gasteiger partial charge in [-0.15, -0.1) is 0 Å². The van der Waals surface area contributed by atoms with E-state index < -0.39 is 5.54 Å². The van der Waals surface area contributed by atoms with Crippen LogP contribution in [-0.2, 0) is 12.0 Å². The van der Waals surface area contributed by atoms with Crippen LogP contribution in [0.5, 0.6) is 0 Å². The van der Waals surface area contributed by atoms with Crippen LogP contribution in [0.2, 0.25) is 0 Å². The monoisotopic (exact) mass is 271 g/mol. The van der Waals surface area contributed by atoms with Gasteiger partial charge in [-0.2, -0.15) is 0 Å². The second kappa shape index (κ2) is 5.80. The van der Waals surface area contributed by atoms with Crippen molar-refractivity contribution in [1.29, 1.82) is 0 Å². The summed E-state index contributed by atoms with van der Waals surface area (Å²) >= 11 is 0. The molecule has 20 heavy (non-hydrogen) atoms. The number of benzene rings is 1. The lowest BCUT2D eigenvalue weighted by atomic mass is 10.00. The fourth-order valence-electron chi connectivity index (χ4n) is 2.22. The number of H-pyrrole nitrogens is 1. The molecule has 0 spiro atoms. The van der Waals surface area contributed by atoms with Crippen molar-refractivity contribution in [2.75, 3.05) is 0 Å². The van der Waals surface area contributed by atoms with Gasteiger partial charge in [-0.25, -0.2) is 4.98 Å². The normalized spacial score (nSPS) is 14.5. The quantitative estimate of drug-likeness (QED) is 0.867. The van der Waals surface area contributed by atoms with Gasteiger partial charge in [0.05, 0.1) is 17.4 Å². The molecule has 0 bridgehead atoms. The van der Waals surface area contributed by atoms with Crippen molar-refractivity contribution in [1.82, 2.24) is 9.97 Å². The van der Waals surface area contributed by atoms with Crippen LogP contribution < -0.4 is 5.73 Å². The maximum absolute atomic E-state index is 6.21. The number of hydrogen-bond donors (Lipinski definition) is 2. The Balaban J connectivity index is 2.20. The van der Waals surface area contributed by atoms with Crippen molar-refractivity contribution in [2.45, 2.75) is 46.1 Å². The number of aromatic nitrogens is 2. The van der Waals surface area contributed by atoms with Crippen LogP contribution in [0.15, 0.2) is 30.5 Å². The first-order chi connectivity index (χ1) is 9.42. The topological polar surface area (TPSA) is 54.7 Å². The van der Waals surface area contributed by atoms with Gasteiger partial charge >= 0.3 is 0 Å². The summed E-state index contributed by atoms with van der Waals surface area (Å²) in [4.78, 5) is 7.77. The summed E-state index contributed by atoms with van der Waals surface area (Å²) in [6, 6.07) is 8.68. The van der Waals surface area contributed by atoms with Crippen LogP contribution in [0.4, 0.5) is 0 Å². The number of nitrogens with one attached hydrogen (secondary N) is 1. The van der Waals surface area contributed by atoms with Gasteiger partial charge in [0, 0.05) is 0 Å². The van der Waals surface area contributed by atoms with Crippen molar-refractivity contribution >= 4 is 0 Å². The highest BCUT2D eigenvalue weighted by molar-refractivity contribution is 5.59. The Bertz CT molecular complexity index is 550. The molecule has 2 rings (SSSR count). The van der Waals surface area contributed by atoms with Gasteiger partial charge in [-0.3, -0.25) is 0 Å². The molecule has 0 radical (unpaired) electrons. The van der Waals surface area contributed by atoms with Crippen LogP contribution in [-0.4, -0.2) is 9.97 Å². The van der Waals surface area contributed by atoms with Gasteiger partial charge in [0.15, 0.2) is 0 Å². The Hall–Kier alpha value is -1.61. The van der Waals surface area contributed by atoms with E-state index in [1.807, 2.05) is 13.1 Å². The van der Waals surface area contributed by atoms with E-state index in [2.05, 4.69) is 55.0 Å². The van der Waals surface area contributed by atoms with Crippen LogP contribution in [0.3, 0.4) is 0 Å². The van der Waals surface area contributed by atoms with E-state index in [0.29, 0.717) is 5.92 Å². The second-order valence-electron chi connectivity index (χ2n) is 6.21. The summed E-state index contributed by atoms with van der Waals surface area (Å²) in [5.74, 6) is 1.53. The predicted molar refractivity (Wildman–Crippen MR) is 84.4 cm³/mol. The van der Waals surface area contributed by atoms with Crippen LogP contribution >= 0.6 is 0 Å². The lowest BCUT2D eigenvalue weighted by molar-refractivity contribution is 0.450. The van der Waals surface area contributed by atoms with Crippen molar-refractivity contribution in [3.8, 4) is 11.3 Å². The molecule has 0 aliphatic heterocycles. The molecule has 3 nitrogen and oxygen atoms in total. The fourth-order valence-corrected chi connectivity index (χ4v) is 2.22. The van der Waals surface area contributed by atoms with E-state index in [0.717, 1.165) is 29.9 Å². The fraction of sp³-hybridized carbons (Fsp3) is 0.471. The smallest absolute Gasteiger partial charge is 0.126 e. The molecule has 1 heterocycles. The van der Waals surface area contributed by atoms with E-state index in [-0.39, 0.29) is 0 Å². The highest BCUT2D eigenvalue weighted by Crippen LogP contribution is 2.23. The Kier molecular flexibility index (Phi) is 4.29. The highest BCUT2D eigenvalue weighted by atomic mass is 15.0. The molecule has 0 amide bonds. The summed E-state index contributed by atoms with van der Waals surface area (Å²) in [7, 11) is 0. The SMILES string of the molecule is CCC(C)(N)c1ncc(-c2ccc(CC(C)C)cc2)[nH]1. The third kappa shape index (κ3) is 3.28. The highest BCUT2D eigenvalue weighted by Gasteiger charge is 2.22. The molecule has 0 saturated carbocycles. The second-order valence-corrected chi connectivity index (χ2v) is 6.21. The van der Waals surface area contributed by atoms with Crippen molar-refractivity contribution in [3.63, 3.8) is 0 Å². The third-order valence-electron chi connectivity index (χ3n) is 3.76. The Morgan fingerprint density at radius 3 is 2.45 bits per heavy atom. The molecular weight excluding hydrogens is 246 g/mol. The van der Waals surface area contributed by atoms with Crippen molar-refractivity contribution < 1.29 is 0 Å². The van der Waals surface area contributed by atoms with Crippen molar-refractivity contribution in [2.24, 2.45) is 11.7 Å². The minimum absolute atomic E-state index is 0.393. The first kappa shape index (κ1) is 14.8. The Labute approximate surface area is 121 Å². The molecule has 0 fully saturated rings. The molecule has 0 saturated heterocycles. The van der Waals surface area contributed by atoms with Gasteiger partial charge in [-0.1, -0.05) is 45.0 Å². The number of aromatic amines is 1. The number of nitrogens with two attached hydrogens (primary N) is 1. The van der Waals surface area contributed by atoms with E-state index in [4.69, 9.17) is 5.73 Å². The van der Waals surface area contributed by atoms with Gasteiger partial charge < -0.3 is 10.7 Å². The zero-order valence-electron chi connectivity index (χ0n) is 12.9. The maximum Gasteiger partial charge on any atom is 0.126 e. The summed E-state index contributed by atoms with van der Waals surface area (Å²) in [5, 5.41) is 0. The molecule has 3 N–H and O–H groups in total. The minimum Gasteiger partial charge on any atom is -0.340 e. The molecule has 1 unspecified atom stereocenters. The lowest BCUT2D eigenvalue weighted by Gasteiger charge is -2.19.